The van der Waals surface area contributed by atoms with Crippen LogP contribution in [0.25, 0.3) is 0 Å². The van der Waals surface area contributed by atoms with E-state index in [2.05, 4.69) is 21.8 Å². The number of thioether (sulfide) groups is 1. The van der Waals surface area contributed by atoms with Gasteiger partial charge in [0.05, 0.1) is 11.9 Å². The molecule has 132 valence electrons. The fraction of sp³-hybridized carbons (Fsp3) is 0.611. The van der Waals surface area contributed by atoms with E-state index < -0.39 is 0 Å². The molecule has 1 aliphatic heterocycles. The molecule has 1 saturated heterocycles. The largest absolute Gasteiger partial charge is 0.369 e. The first kappa shape index (κ1) is 18.9. The van der Waals surface area contributed by atoms with Gasteiger partial charge in [0, 0.05) is 55.7 Å². The molecule has 0 radical (unpaired) electrons. The lowest BCUT2D eigenvalue weighted by Gasteiger charge is -2.22. The Labute approximate surface area is 148 Å². The van der Waals surface area contributed by atoms with Crippen LogP contribution in [0.3, 0.4) is 0 Å². The standard InChI is InChI=1S/C18H27N3O2S/c1-15(22)4-10-24-11-5-18(23)16-12-17(14-19-13-16)21-7-3-6-20(2)8-9-21/h12-14H,3-11H2,1-2H3. The van der Waals surface area contributed by atoms with Gasteiger partial charge in [0.15, 0.2) is 5.78 Å². The van der Waals surface area contributed by atoms with Crippen LogP contribution in [0.5, 0.6) is 0 Å². The maximum atomic E-state index is 12.3. The number of pyridine rings is 1. The van der Waals surface area contributed by atoms with E-state index in [9.17, 15) is 9.59 Å². The first-order chi connectivity index (χ1) is 11.6. The van der Waals surface area contributed by atoms with Gasteiger partial charge in [-0.25, -0.2) is 0 Å². The van der Waals surface area contributed by atoms with Gasteiger partial charge >= 0.3 is 0 Å². The Morgan fingerprint density at radius 2 is 1.92 bits per heavy atom. The van der Waals surface area contributed by atoms with Crippen molar-refractivity contribution in [1.29, 1.82) is 0 Å². The second kappa shape index (κ2) is 9.79. The predicted octanol–water partition coefficient (Wildman–Crippen LogP) is 2.51. The summed E-state index contributed by atoms with van der Waals surface area (Å²) in [5.74, 6) is 1.88. The van der Waals surface area contributed by atoms with Crippen LogP contribution in [-0.2, 0) is 4.79 Å². The van der Waals surface area contributed by atoms with Crippen molar-refractivity contribution in [1.82, 2.24) is 9.88 Å². The lowest BCUT2D eigenvalue weighted by Crippen LogP contribution is -2.28. The third-order valence-electron chi connectivity index (χ3n) is 4.20. The molecule has 0 saturated carbocycles. The Hall–Kier alpha value is -1.40. The van der Waals surface area contributed by atoms with Crippen LogP contribution in [0.4, 0.5) is 5.69 Å². The lowest BCUT2D eigenvalue weighted by molar-refractivity contribution is -0.116. The highest BCUT2D eigenvalue weighted by atomic mass is 32.2. The number of aromatic nitrogens is 1. The molecule has 24 heavy (non-hydrogen) atoms. The van der Waals surface area contributed by atoms with Crippen LogP contribution < -0.4 is 4.90 Å². The lowest BCUT2D eigenvalue weighted by atomic mass is 10.1. The molecule has 1 aliphatic rings. The molecular formula is C18H27N3O2S. The number of carbonyl (C=O) groups excluding carboxylic acids is 2. The summed E-state index contributed by atoms with van der Waals surface area (Å²) in [6.45, 7) is 5.72. The molecule has 1 aromatic heterocycles. The zero-order valence-electron chi connectivity index (χ0n) is 14.7. The van der Waals surface area contributed by atoms with E-state index in [0.29, 0.717) is 18.4 Å². The molecule has 0 aromatic carbocycles. The van der Waals surface area contributed by atoms with Crippen LogP contribution >= 0.6 is 11.8 Å². The monoisotopic (exact) mass is 349 g/mol. The molecule has 6 heteroatoms. The van der Waals surface area contributed by atoms with E-state index in [1.807, 2.05) is 12.3 Å². The molecule has 2 rings (SSSR count). The predicted molar refractivity (Wildman–Crippen MR) is 100 cm³/mol. The quantitative estimate of drug-likeness (QED) is 0.531. The summed E-state index contributed by atoms with van der Waals surface area (Å²) in [7, 11) is 2.14. The van der Waals surface area contributed by atoms with Gasteiger partial charge in [-0.15, -0.1) is 0 Å². The molecule has 1 fully saturated rings. The Kier molecular flexibility index (Phi) is 7.72. The molecule has 0 amide bonds. The summed E-state index contributed by atoms with van der Waals surface area (Å²) in [5.41, 5.74) is 1.73. The van der Waals surface area contributed by atoms with Crippen LogP contribution in [0.15, 0.2) is 18.5 Å². The van der Waals surface area contributed by atoms with Gasteiger partial charge in [0.2, 0.25) is 0 Å². The van der Waals surface area contributed by atoms with Gasteiger partial charge in [-0.1, -0.05) is 0 Å². The molecule has 0 atom stereocenters. The molecular weight excluding hydrogens is 322 g/mol. The number of ketones is 2. The van der Waals surface area contributed by atoms with E-state index in [-0.39, 0.29) is 11.6 Å². The molecule has 0 unspecified atom stereocenters. The van der Waals surface area contributed by atoms with E-state index in [0.717, 1.165) is 49.8 Å². The Morgan fingerprint density at radius 1 is 1.12 bits per heavy atom. The first-order valence-corrected chi connectivity index (χ1v) is 9.70. The van der Waals surface area contributed by atoms with E-state index in [1.54, 1.807) is 24.9 Å². The van der Waals surface area contributed by atoms with Gasteiger partial charge < -0.3 is 9.80 Å². The first-order valence-electron chi connectivity index (χ1n) is 8.55. The number of hydrogen-bond acceptors (Lipinski definition) is 6. The van der Waals surface area contributed by atoms with E-state index in [1.165, 1.54) is 0 Å². The van der Waals surface area contributed by atoms with Gasteiger partial charge in [-0.2, -0.15) is 11.8 Å². The number of rotatable bonds is 8. The second-order valence-corrected chi connectivity index (χ2v) is 7.54. The smallest absolute Gasteiger partial charge is 0.165 e. The van der Waals surface area contributed by atoms with Crippen molar-refractivity contribution >= 4 is 29.0 Å². The Bertz CT molecular complexity index is 565. The van der Waals surface area contributed by atoms with Crippen LogP contribution in [0, 0.1) is 0 Å². The Morgan fingerprint density at radius 3 is 2.71 bits per heavy atom. The van der Waals surface area contributed by atoms with Crippen LogP contribution in [0.1, 0.15) is 36.5 Å². The number of carbonyl (C=O) groups is 2. The van der Waals surface area contributed by atoms with Crippen LogP contribution in [0.2, 0.25) is 0 Å². The van der Waals surface area contributed by atoms with Crippen molar-refractivity contribution in [2.45, 2.75) is 26.2 Å². The molecule has 1 aromatic rings. The average Bonchev–Trinajstić information content (AvgIpc) is 2.79. The molecule has 2 heterocycles. The minimum Gasteiger partial charge on any atom is -0.369 e. The molecule has 5 nitrogen and oxygen atoms in total. The summed E-state index contributed by atoms with van der Waals surface area (Å²) in [6.07, 6.45) is 5.72. The molecule has 0 N–H and O–H groups in total. The maximum absolute atomic E-state index is 12.3. The minimum absolute atomic E-state index is 0.131. The van der Waals surface area contributed by atoms with E-state index in [4.69, 9.17) is 0 Å². The third kappa shape index (κ3) is 6.24. The van der Waals surface area contributed by atoms with Gasteiger partial charge in [-0.05, 0) is 33.0 Å². The van der Waals surface area contributed by atoms with Crippen molar-refractivity contribution in [2.75, 3.05) is 49.6 Å². The topological polar surface area (TPSA) is 53.5 Å². The van der Waals surface area contributed by atoms with Gasteiger partial charge in [0.1, 0.15) is 5.78 Å². The summed E-state index contributed by atoms with van der Waals surface area (Å²) < 4.78 is 0. The minimum atomic E-state index is 0.131. The highest BCUT2D eigenvalue weighted by Crippen LogP contribution is 2.18. The van der Waals surface area contributed by atoms with Crippen LogP contribution in [-0.4, -0.2) is 66.2 Å². The summed E-state index contributed by atoms with van der Waals surface area (Å²) in [4.78, 5) is 32.2. The number of hydrogen-bond donors (Lipinski definition) is 0. The molecule has 0 aliphatic carbocycles. The summed E-state index contributed by atoms with van der Waals surface area (Å²) in [6, 6.07) is 1.97. The van der Waals surface area contributed by atoms with E-state index >= 15 is 0 Å². The summed E-state index contributed by atoms with van der Waals surface area (Å²) >= 11 is 1.66. The molecule has 0 spiro atoms. The Balaban J connectivity index is 1.87. The normalized spacial score (nSPS) is 16.0. The SMILES string of the molecule is CC(=O)CCSCCC(=O)c1cncc(N2CCCN(C)CC2)c1. The average molecular weight is 350 g/mol. The number of anilines is 1. The van der Waals surface area contributed by atoms with Gasteiger partial charge in [0.25, 0.3) is 0 Å². The molecule has 0 bridgehead atoms. The zero-order chi connectivity index (χ0) is 17.4. The fourth-order valence-corrected chi connectivity index (χ4v) is 3.65. The summed E-state index contributed by atoms with van der Waals surface area (Å²) in [5, 5.41) is 0. The highest BCUT2D eigenvalue weighted by Gasteiger charge is 2.15. The fourth-order valence-electron chi connectivity index (χ4n) is 2.69. The van der Waals surface area contributed by atoms with Gasteiger partial charge in [-0.3, -0.25) is 14.6 Å². The number of nitrogens with zero attached hydrogens (tertiary/aromatic N) is 3. The third-order valence-corrected chi connectivity index (χ3v) is 5.19. The van der Waals surface area contributed by atoms with Crippen molar-refractivity contribution < 1.29 is 9.59 Å². The highest BCUT2D eigenvalue weighted by molar-refractivity contribution is 7.99. The zero-order valence-corrected chi connectivity index (χ0v) is 15.5. The van der Waals surface area contributed by atoms with Crippen molar-refractivity contribution in [3.8, 4) is 0 Å². The number of likely N-dealkylation sites (N-methyl/N-ethyl adjacent to an activating group) is 1. The maximum Gasteiger partial charge on any atom is 0.165 e. The second-order valence-electron chi connectivity index (χ2n) is 6.31. The van der Waals surface area contributed by atoms with Crippen molar-refractivity contribution in [3.63, 3.8) is 0 Å². The van der Waals surface area contributed by atoms with Crippen molar-refractivity contribution in [2.24, 2.45) is 0 Å². The number of Topliss-reactive ketones (excluding diaryl/α,β-unsaturated/α-hetero) is 2. The van der Waals surface area contributed by atoms with Crippen molar-refractivity contribution in [3.05, 3.63) is 24.0 Å².